The van der Waals surface area contributed by atoms with Gasteiger partial charge in [0.2, 0.25) is 0 Å². The van der Waals surface area contributed by atoms with Gasteiger partial charge in [-0.3, -0.25) is 4.90 Å². The van der Waals surface area contributed by atoms with Crippen LogP contribution in [0.3, 0.4) is 0 Å². The molecule has 0 aromatic heterocycles. The second-order valence-electron chi connectivity index (χ2n) is 6.17. The molecule has 3 fully saturated rings. The third-order valence-electron chi connectivity index (χ3n) is 5.05. The van der Waals surface area contributed by atoms with E-state index in [4.69, 9.17) is 9.47 Å². The van der Waals surface area contributed by atoms with E-state index < -0.39 is 0 Å². The van der Waals surface area contributed by atoms with Gasteiger partial charge in [0.05, 0.1) is 25.4 Å². The number of fused-ring (bicyclic) bond motifs is 2. The Balaban J connectivity index is 1.70. The van der Waals surface area contributed by atoms with Crippen LogP contribution < -0.4 is 0 Å². The van der Waals surface area contributed by atoms with Gasteiger partial charge < -0.3 is 9.47 Å². The van der Waals surface area contributed by atoms with Crippen molar-refractivity contribution in [3.8, 4) is 0 Å². The second kappa shape index (κ2) is 6.38. The maximum absolute atomic E-state index is 6.04. The Morgan fingerprint density at radius 3 is 2.79 bits per heavy atom. The molecule has 3 rings (SSSR count). The van der Waals surface area contributed by atoms with E-state index in [0.717, 1.165) is 25.6 Å². The average molecular weight is 265 g/mol. The molecule has 19 heavy (non-hydrogen) atoms. The molecule has 0 unspecified atom stereocenters. The van der Waals surface area contributed by atoms with Crippen LogP contribution in [0, 0.1) is 0 Å². The summed E-state index contributed by atoms with van der Waals surface area (Å²) in [5.41, 5.74) is 0. The summed E-state index contributed by atoms with van der Waals surface area (Å²) in [5, 5.41) is 0. The summed E-state index contributed by atoms with van der Waals surface area (Å²) in [6, 6.07) is 1.35. The van der Waals surface area contributed by atoms with Crippen LogP contribution in [0.5, 0.6) is 0 Å². The van der Waals surface area contributed by atoms with Crippen molar-refractivity contribution in [1.82, 2.24) is 4.90 Å². The predicted octanol–water partition coefficient (Wildman–Crippen LogP) is 2.75. The lowest BCUT2D eigenvalue weighted by molar-refractivity contribution is -0.0471. The van der Waals surface area contributed by atoms with Gasteiger partial charge in [-0.15, -0.1) is 6.58 Å². The largest absolute Gasteiger partial charge is 0.374 e. The van der Waals surface area contributed by atoms with E-state index in [1.54, 1.807) is 0 Å². The fourth-order valence-electron chi connectivity index (χ4n) is 4.18. The zero-order valence-electron chi connectivity index (χ0n) is 11.9. The van der Waals surface area contributed by atoms with Crippen molar-refractivity contribution in [2.45, 2.75) is 69.2 Å². The van der Waals surface area contributed by atoms with E-state index in [0.29, 0.717) is 18.8 Å². The smallest absolute Gasteiger partial charge is 0.0995 e. The van der Waals surface area contributed by atoms with Gasteiger partial charge in [-0.2, -0.15) is 0 Å². The van der Waals surface area contributed by atoms with Gasteiger partial charge in [0, 0.05) is 18.6 Å². The molecule has 108 valence electrons. The summed E-state index contributed by atoms with van der Waals surface area (Å²) >= 11 is 0. The quantitative estimate of drug-likeness (QED) is 0.730. The standard InChI is InChI=1S/C16H27NO2/c1-2-11-19-16-14-8-9-15(16)18-12-10-17(14)13-6-4-3-5-7-13/h2,13-16H,1,3-12H2/t14-,15-,16+/m1/s1. The molecule has 0 radical (unpaired) electrons. The Morgan fingerprint density at radius 2 is 2.00 bits per heavy atom. The first kappa shape index (κ1) is 13.6. The van der Waals surface area contributed by atoms with E-state index in [1.807, 2.05) is 6.08 Å². The number of rotatable bonds is 4. The fraction of sp³-hybridized carbons (Fsp3) is 0.875. The van der Waals surface area contributed by atoms with Gasteiger partial charge in [-0.05, 0) is 25.7 Å². The Kier molecular flexibility index (Phi) is 4.57. The highest BCUT2D eigenvalue weighted by molar-refractivity contribution is 4.98. The Bertz CT molecular complexity index is 301. The van der Waals surface area contributed by atoms with Crippen LogP contribution in [0.25, 0.3) is 0 Å². The van der Waals surface area contributed by atoms with Crippen molar-refractivity contribution >= 4 is 0 Å². The maximum atomic E-state index is 6.04. The molecule has 3 nitrogen and oxygen atoms in total. The molecular formula is C16H27NO2. The molecule has 0 N–H and O–H groups in total. The number of hydrogen-bond acceptors (Lipinski definition) is 3. The van der Waals surface area contributed by atoms with Crippen molar-refractivity contribution in [3.05, 3.63) is 12.7 Å². The van der Waals surface area contributed by atoms with Crippen LogP contribution in [0.1, 0.15) is 44.9 Å². The molecule has 3 heteroatoms. The Morgan fingerprint density at radius 1 is 1.16 bits per heavy atom. The lowest BCUT2D eigenvalue weighted by Gasteiger charge is -2.39. The van der Waals surface area contributed by atoms with Crippen LogP contribution in [-0.2, 0) is 9.47 Å². The minimum atomic E-state index is 0.266. The molecule has 3 atom stereocenters. The van der Waals surface area contributed by atoms with Gasteiger partial charge in [0.25, 0.3) is 0 Å². The molecule has 1 heterocycles. The first-order chi connectivity index (χ1) is 9.40. The van der Waals surface area contributed by atoms with Gasteiger partial charge in [0.15, 0.2) is 0 Å². The predicted molar refractivity (Wildman–Crippen MR) is 76.3 cm³/mol. The molecule has 3 aliphatic rings. The third kappa shape index (κ3) is 2.88. The molecule has 0 aromatic carbocycles. The van der Waals surface area contributed by atoms with Crippen LogP contribution in [0.4, 0.5) is 0 Å². The first-order valence-electron chi connectivity index (χ1n) is 8.00. The number of hydrogen-bond donors (Lipinski definition) is 0. The molecule has 0 spiro atoms. The van der Waals surface area contributed by atoms with E-state index in [9.17, 15) is 0 Å². The molecule has 1 aliphatic heterocycles. The normalized spacial score (nSPS) is 37.2. The minimum absolute atomic E-state index is 0.266. The average Bonchev–Trinajstić information content (AvgIpc) is 2.73. The molecule has 2 bridgehead atoms. The molecule has 0 aromatic rings. The van der Waals surface area contributed by atoms with Crippen molar-refractivity contribution in [2.24, 2.45) is 0 Å². The SMILES string of the molecule is C=CCO[C@H]1[C@H]2CC[C@H]1OCCN2C1CCCCC1. The fourth-order valence-corrected chi connectivity index (χ4v) is 4.18. The molecule has 0 amide bonds. The monoisotopic (exact) mass is 265 g/mol. The second-order valence-corrected chi connectivity index (χ2v) is 6.17. The van der Waals surface area contributed by atoms with Crippen LogP contribution in [0.2, 0.25) is 0 Å². The number of ether oxygens (including phenoxy) is 2. The summed E-state index contributed by atoms with van der Waals surface area (Å²) in [4.78, 5) is 2.72. The van der Waals surface area contributed by atoms with Crippen LogP contribution >= 0.6 is 0 Å². The van der Waals surface area contributed by atoms with Crippen molar-refractivity contribution in [2.75, 3.05) is 19.8 Å². The zero-order valence-corrected chi connectivity index (χ0v) is 11.9. The summed E-state index contributed by atoms with van der Waals surface area (Å²) < 4.78 is 12.1. The summed E-state index contributed by atoms with van der Waals surface area (Å²) in [5.74, 6) is 0. The van der Waals surface area contributed by atoms with Gasteiger partial charge in [-0.1, -0.05) is 25.3 Å². The highest BCUT2D eigenvalue weighted by Gasteiger charge is 2.44. The van der Waals surface area contributed by atoms with E-state index >= 15 is 0 Å². The molecule has 2 saturated carbocycles. The zero-order chi connectivity index (χ0) is 13.1. The Labute approximate surface area is 116 Å². The molecular weight excluding hydrogens is 238 g/mol. The Hall–Kier alpha value is -0.380. The van der Waals surface area contributed by atoms with E-state index in [-0.39, 0.29) is 6.10 Å². The first-order valence-corrected chi connectivity index (χ1v) is 8.00. The van der Waals surface area contributed by atoms with Crippen LogP contribution in [-0.4, -0.2) is 49.0 Å². The summed E-state index contributed by atoms with van der Waals surface area (Å²) in [6.45, 7) is 6.40. The van der Waals surface area contributed by atoms with Crippen molar-refractivity contribution < 1.29 is 9.47 Å². The lowest BCUT2D eigenvalue weighted by atomic mass is 9.92. The highest BCUT2D eigenvalue weighted by Crippen LogP contribution is 2.35. The molecule has 2 aliphatic carbocycles. The van der Waals surface area contributed by atoms with Crippen LogP contribution in [0.15, 0.2) is 12.7 Å². The molecule has 1 saturated heterocycles. The highest BCUT2D eigenvalue weighted by atomic mass is 16.5. The van der Waals surface area contributed by atoms with Gasteiger partial charge in [-0.25, -0.2) is 0 Å². The van der Waals surface area contributed by atoms with Gasteiger partial charge in [0.1, 0.15) is 0 Å². The van der Waals surface area contributed by atoms with Gasteiger partial charge >= 0.3 is 0 Å². The maximum Gasteiger partial charge on any atom is 0.0995 e. The topological polar surface area (TPSA) is 21.7 Å². The minimum Gasteiger partial charge on any atom is -0.374 e. The summed E-state index contributed by atoms with van der Waals surface area (Å²) in [7, 11) is 0. The summed E-state index contributed by atoms with van der Waals surface area (Å²) in [6.07, 6.45) is 11.8. The number of nitrogens with zero attached hydrogens (tertiary/aromatic N) is 1. The van der Waals surface area contributed by atoms with Crippen molar-refractivity contribution in [3.63, 3.8) is 0 Å². The van der Waals surface area contributed by atoms with E-state index in [2.05, 4.69) is 11.5 Å². The van der Waals surface area contributed by atoms with Crippen molar-refractivity contribution in [1.29, 1.82) is 0 Å². The lowest BCUT2D eigenvalue weighted by Crippen LogP contribution is -2.49. The third-order valence-corrected chi connectivity index (χ3v) is 5.05. The van der Waals surface area contributed by atoms with E-state index in [1.165, 1.54) is 38.5 Å².